The first kappa shape index (κ1) is 15.7. The van der Waals surface area contributed by atoms with Gasteiger partial charge in [0.1, 0.15) is 0 Å². The van der Waals surface area contributed by atoms with E-state index in [-0.39, 0.29) is 0 Å². The lowest BCUT2D eigenvalue weighted by Gasteiger charge is -2.32. The third-order valence-electron chi connectivity index (χ3n) is 4.15. The van der Waals surface area contributed by atoms with E-state index in [9.17, 15) is 5.11 Å². The molecule has 0 radical (unpaired) electrons. The van der Waals surface area contributed by atoms with Gasteiger partial charge in [-0.05, 0) is 43.4 Å². The molecule has 2 aromatic rings. The van der Waals surface area contributed by atoms with E-state index < -0.39 is 6.10 Å². The van der Waals surface area contributed by atoms with Gasteiger partial charge in [0, 0.05) is 29.2 Å². The van der Waals surface area contributed by atoms with Crippen molar-refractivity contribution in [3.63, 3.8) is 0 Å². The Bertz CT molecular complexity index is 522. The van der Waals surface area contributed by atoms with Crippen molar-refractivity contribution in [2.45, 2.75) is 31.5 Å². The van der Waals surface area contributed by atoms with Crippen molar-refractivity contribution in [2.24, 2.45) is 0 Å². The van der Waals surface area contributed by atoms with Crippen molar-refractivity contribution in [3.8, 4) is 0 Å². The standard InChI is InChI=1S/C16H23N3O2S/c20-14(11-21-12-15-2-1-9-22-15)10-19-7-4-13(5-8-19)16-3-6-17-18-16/h1-3,6,9,13-14,20H,4-5,7-8,10-12H2,(H,17,18)/t14-/m1/s1. The van der Waals surface area contributed by atoms with Crippen molar-refractivity contribution in [1.82, 2.24) is 15.1 Å². The molecule has 6 heteroatoms. The van der Waals surface area contributed by atoms with Gasteiger partial charge in [-0.1, -0.05) is 6.07 Å². The summed E-state index contributed by atoms with van der Waals surface area (Å²) in [5.74, 6) is 0.575. The number of hydrogen-bond acceptors (Lipinski definition) is 5. The predicted molar refractivity (Wildman–Crippen MR) is 87.0 cm³/mol. The van der Waals surface area contributed by atoms with Gasteiger partial charge in [-0.3, -0.25) is 5.10 Å². The molecule has 3 heterocycles. The van der Waals surface area contributed by atoms with Crippen molar-refractivity contribution < 1.29 is 9.84 Å². The summed E-state index contributed by atoms with van der Waals surface area (Å²) in [6.45, 7) is 3.73. The highest BCUT2D eigenvalue weighted by Crippen LogP contribution is 2.26. The molecule has 22 heavy (non-hydrogen) atoms. The molecule has 3 rings (SSSR count). The molecule has 2 N–H and O–H groups in total. The molecule has 2 aromatic heterocycles. The number of aliphatic hydroxyl groups excluding tert-OH is 1. The first-order valence-corrected chi connectivity index (χ1v) is 8.69. The van der Waals surface area contributed by atoms with Gasteiger partial charge in [-0.2, -0.15) is 5.10 Å². The molecule has 1 fully saturated rings. The molecular formula is C16H23N3O2S. The van der Waals surface area contributed by atoms with E-state index in [2.05, 4.69) is 27.2 Å². The quantitative estimate of drug-likeness (QED) is 0.821. The summed E-state index contributed by atoms with van der Waals surface area (Å²) in [5, 5.41) is 19.2. The highest BCUT2D eigenvalue weighted by Gasteiger charge is 2.22. The van der Waals surface area contributed by atoms with Crippen LogP contribution >= 0.6 is 11.3 Å². The van der Waals surface area contributed by atoms with E-state index >= 15 is 0 Å². The zero-order valence-electron chi connectivity index (χ0n) is 12.6. The summed E-state index contributed by atoms with van der Waals surface area (Å²) < 4.78 is 5.58. The van der Waals surface area contributed by atoms with Gasteiger partial charge in [0.15, 0.2) is 0 Å². The topological polar surface area (TPSA) is 61.4 Å². The fourth-order valence-corrected chi connectivity index (χ4v) is 3.60. The number of likely N-dealkylation sites (tertiary alicyclic amines) is 1. The Kier molecular flexibility index (Phi) is 5.61. The van der Waals surface area contributed by atoms with Crippen molar-refractivity contribution >= 4 is 11.3 Å². The van der Waals surface area contributed by atoms with Gasteiger partial charge in [0.2, 0.25) is 0 Å². The minimum absolute atomic E-state index is 0.401. The maximum absolute atomic E-state index is 10.1. The average Bonchev–Trinajstić information content (AvgIpc) is 3.21. The van der Waals surface area contributed by atoms with Gasteiger partial charge >= 0.3 is 0 Å². The van der Waals surface area contributed by atoms with Crippen molar-refractivity contribution in [1.29, 1.82) is 0 Å². The van der Waals surface area contributed by atoms with Crippen LogP contribution in [-0.4, -0.2) is 52.5 Å². The smallest absolute Gasteiger partial charge is 0.0900 e. The minimum atomic E-state index is -0.413. The maximum Gasteiger partial charge on any atom is 0.0900 e. The summed E-state index contributed by atoms with van der Waals surface area (Å²) in [5.41, 5.74) is 1.24. The van der Waals surface area contributed by atoms with Gasteiger partial charge in [0.25, 0.3) is 0 Å². The Morgan fingerprint density at radius 1 is 1.41 bits per heavy atom. The highest BCUT2D eigenvalue weighted by atomic mass is 32.1. The molecule has 0 unspecified atom stereocenters. The Labute approximate surface area is 134 Å². The van der Waals surface area contributed by atoms with E-state index in [1.165, 1.54) is 10.6 Å². The summed E-state index contributed by atoms with van der Waals surface area (Å²) in [4.78, 5) is 3.53. The summed E-state index contributed by atoms with van der Waals surface area (Å²) in [6.07, 6.45) is 3.63. The summed E-state index contributed by atoms with van der Waals surface area (Å²) in [7, 11) is 0. The van der Waals surface area contributed by atoms with E-state index in [4.69, 9.17) is 4.74 Å². The molecule has 1 aliphatic heterocycles. The Morgan fingerprint density at radius 3 is 2.95 bits per heavy atom. The third kappa shape index (κ3) is 4.39. The van der Waals surface area contributed by atoms with E-state index in [0.29, 0.717) is 25.7 Å². The average molecular weight is 321 g/mol. The number of piperidine rings is 1. The number of hydrogen-bond donors (Lipinski definition) is 2. The second-order valence-electron chi connectivity index (χ2n) is 5.84. The van der Waals surface area contributed by atoms with Crippen LogP contribution in [-0.2, 0) is 11.3 Å². The number of ether oxygens (including phenoxy) is 1. The number of nitrogens with one attached hydrogen (secondary N) is 1. The minimum Gasteiger partial charge on any atom is -0.389 e. The SMILES string of the molecule is O[C@@H](COCc1cccs1)CN1CCC(c2ccn[nH]2)CC1. The summed E-state index contributed by atoms with van der Waals surface area (Å²) in [6, 6.07) is 6.13. The van der Waals surface area contributed by atoms with Crippen LogP contribution in [0.4, 0.5) is 0 Å². The molecular weight excluding hydrogens is 298 g/mol. The lowest BCUT2D eigenvalue weighted by molar-refractivity contribution is 0.00689. The first-order chi connectivity index (χ1) is 10.8. The Morgan fingerprint density at radius 2 is 2.27 bits per heavy atom. The molecule has 5 nitrogen and oxygen atoms in total. The van der Waals surface area contributed by atoms with Crippen molar-refractivity contribution in [2.75, 3.05) is 26.2 Å². The van der Waals surface area contributed by atoms with Crippen LogP contribution in [0.3, 0.4) is 0 Å². The zero-order valence-corrected chi connectivity index (χ0v) is 13.5. The maximum atomic E-state index is 10.1. The lowest BCUT2D eigenvalue weighted by Crippen LogP contribution is -2.39. The second kappa shape index (κ2) is 7.87. The van der Waals surface area contributed by atoms with Gasteiger partial charge < -0.3 is 14.7 Å². The number of thiophene rings is 1. The van der Waals surface area contributed by atoms with Crippen LogP contribution in [0.5, 0.6) is 0 Å². The molecule has 0 aliphatic carbocycles. The van der Waals surface area contributed by atoms with Crippen LogP contribution in [0, 0.1) is 0 Å². The molecule has 0 saturated carbocycles. The van der Waals surface area contributed by atoms with Crippen LogP contribution in [0.15, 0.2) is 29.8 Å². The molecule has 0 bridgehead atoms. The number of nitrogens with zero attached hydrogens (tertiary/aromatic N) is 2. The Hall–Kier alpha value is -1.21. The zero-order chi connectivity index (χ0) is 15.2. The molecule has 1 atom stereocenters. The number of aromatic nitrogens is 2. The van der Waals surface area contributed by atoms with Crippen LogP contribution in [0.1, 0.15) is 29.3 Å². The van der Waals surface area contributed by atoms with Crippen LogP contribution in [0.25, 0.3) is 0 Å². The fraction of sp³-hybridized carbons (Fsp3) is 0.562. The third-order valence-corrected chi connectivity index (χ3v) is 5.00. The van der Waals surface area contributed by atoms with E-state index in [1.807, 2.05) is 17.6 Å². The fourth-order valence-electron chi connectivity index (χ4n) is 2.96. The molecule has 0 aromatic carbocycles. The van der Waals surface area contributed by atoms with Crippen LogP contribution in [0.2, 0.25) is 0 Å². The Balaban J connectivity index is 1.33. The second-order valence-corrected chi connectivity index (χ2v) is 6.87. The largest absolute Gasteiger partial charge is 0.389 e. The van der Waals surface area contributed by atoms with Crippen molar-refractivity contribution in [3.05, 3.63) is 40.3 Å². The first-order valence-electron chi connectivity index (χ1n) is 7.81. The summed E-state index contributed by atoms with van der Waals surface area (Å²) >= 11 is 1.68. The number of aromatic amines is 1. The van der Waals surface area contributed by atoms with Crippen LogP contribution < -0.4 is 0 Å². The lowest BCUT2D eigenvalue weighted by atomic mass is 9.93. The van der Waals surface area contributed by atoms with Gasteiger partial charge in [-0.15, -0.1) is 11.3 Å². The molecule has 1 aliphatic rings. The normalized spacial score (nSPS) is 18.6. The molecule has 0 amide bonds. The number of H-pyrrole nitrogens is 1. The predicted octanol–water partition coefficient (Wildman–Crippen LogP) is 2.23. The van der Waals surface area contributed by atoms with Gasteiger partial charge in [-0.25, -0.2) is 0 Å². The number of rotatable bonds is 7. The van der Waals surface area contributed by atoms with E-state index in [0.717, 1.165) is 25.9 Å². The molecule has 120 valence electrons. The molecule has 1 saturated heterocycles. The number of β-amino-alcohol motifs (C(OH)–C–C–N with tert-alkyl or cyclic N) is 1. The van der Waals surface area contributed by atoms with E-state index in [1.54, 1.807) is 11.3 Å². The monoisotopic (exact) mass is 321 g/mol. The molecule has 0 spiro atoms. The number of aliphatic hydroxyl groups is 1. The highest BCUT2D eigenvalue weighted by molar-refractivity contribution is 7.09. The van der Waals surface area contributed by atoms with Gasteiger partial charge in [0.05, 0.1) is 19.3 Å².